The van der Waals surface area contributed by atoms with E-state index in [0.29, 0.717) is 34.9 Å². The Morgan fingerprint density at radius 3 is 2.93 bits per heavy atom. The molecule has 146 valence electrons. The van der Waals surface area contributed by atoms with Crippen LogP contribution in [0.4, 0.5) is 4.39 Å². The second kappa shape index (κ2) is 8.61. The van der Waals surface area contributed by atoms with Crippen molar-refractivity contribution in [1.82, 2.24) is 10.3 Å². The van der Waals surface area contributed by atoms with E-state index in [1.807, 2.05) is 20.8 Å². The minimum atomic E-state index is -0.355. The molecule has 1 aromatic heterocycles. The number of rotatable bonds is 4. The van der Waals surface area contributed by atoms with E-state index >= 15 is 0 Å². The van der Waals surface area contributed by atoms with Crippen molar-refractivity contribution in [3.63, 3.8) is 0 Å². The summed E-state index contributed by atoms with van der Waals surface area (Å²) in [5.41, 5.74) is 3.90. The molecule has 1 amide bonds. The van der Waals surface area contributed by atoms with Crippen LogP contribution in [0.5, 0.6) is 5.75 Å². The molecule has 7 heteroatoms. The van der Waals surface area contributed by atoms with Crippen LogP contribution in [0.2, 0.25) is 0 Å². The predicted molar refractivity (Wildman–Crippen MR) is 106 cm³/mol. The van der Waals surface area contributed by atoms with Crippen molar-refractivity contribution < 1.29 is 13.9 Å². The molecule has 3 rings (SSSR count). The summed E-state index contributed by atoms with van der Waals surface area (Å²) in [5, 5.41) is 13.0. The van der Waals surface area contributed by atoms with Gasteiger partial charge in [0.1, 0.15) is 22.7 Å². The third-order valence-corrected chi connectivity index (χ3v) is 5.97. The molecule has 1 aliphatic heterocycles. The second-order valence-corrected chi connectivity index (χ2v) is 7.78. The molecule has 1 atom stereocenters. The summed E-state index contributed by atoms with van der Waals surface area (Å²) < 4.78 is 19.3. The smallest absolute Gasteiger partial charge is 0.230 e. The highest BCUT2D eigenvalue weighted by atomic mass is 32.2. The highest BCUT2D eigenvalue weighted by Gasteiger charge is 2.23. The minimum absolute atomic E-state index is 0.131. The van der Waals surface area contributed by atoms with Crippen LogP contribution in [-0.4, -0.2) is 23.3 Å². The molecule has 0 saturated carbocycles. The van der Waals surface area contributed by atoms with Gasteiger partial charge in [-0.25, -0.2) is 9.37 Å². The van der Waals surface area contributed by atoms with E-state index in [1.165, 1.54) is 23.9 Å². The first-order valence-corrected chi connectivity index (χ1v) is 10.1. The van der Waals surface area contributed by atoms with Gasteiger partial charge in [-0.3, -0.25) is 4.79 Å². The standard InChI is InChI=1S/C21H22FN3O2S/c1-12-13(2)17(10-23)21(24-14(12)3)28-11-20(26)25-18-5-4-8-27-19-7-6-15(22)9-16(18)19/h6-7,9,18H,4-5,8,11H2,1-3H3,(H,25,26)/t18-/m1/s1. The number of nitrogens with one attached hydrogen (secondary N) is 1. The number of amides is 1. The van der Waals surface area contributed by atoms with Crippen molar-refractivity contribution in [3.05, 3.63) is 52.0 Å². The Bertz CT molecular complexity index is 956. The molecule has 2 heterocycles. The van der Waals surface area contributed by atoms with Gasteiger partial charge in [0.15, 0.2) is 0 Å². The minimum Gasteiger partial charge on any atom is -0.493 e. The van der Waals surface area contributed by atoms with Gasteiger partial charge in [0.05, 0.1) is 24.0 Å². The number of hydrogen-bond acceptors (Lipinski definition) is 5. The Morgan fingerprint density at radius 2 is 2.18 bits per heavy atom. The van der Waals surface area contributed by atoms with Gasteiger partial charge in [-0.05, 0) is 62.9 Å². The van der Waals surface area contributed by atoms with Crippen LogP contribution in [0, 0.1) is 37.9 Å². The average Bonchev–Trinajstić information content (AvgIpc) is 2.86. The lowest BCUT2D eigenvalue weighted by atomic mass is 10.0. The van der Waals surface area contributed by atoms with Gasteiger partial charge < -0.3 is 10.1 Å². The lowest BCUT2D eigenvalue weighted by Crippen LogP contribution is -2.30. The molecule has 5 nitrogen and oxygen atoms in total. The number of aromatic nitrogens is 1. The zero-order chi connectivity index (χ0) is 20.3. The number of pyridine rings is 1. The number of thioether (sulfide) groups is 1. The van der Waals surface area contributed by atoms with E-state index in [-0.39, 0.29) is 23.5 Å². The number of carbonyl (C=O) groups excluding carboxylic acids is 1. The number of nitriles is 1. The summed E-state index contributed by atoms with van der Waals surface area (Å²) >= 11 is 1.24. The number of hydrogen-bond donors (Lipinski definition) is 1. The predicted octanol–water partition coefficient (Wildman–Crippen LogP) is 4.14. The van der Waals surface area contributed by atoms with Gasteiger partial charge in [-0.1, -0.05) is 11.8 Å². The first-order chi connectivity index (χ1) is 13.4. The van der Waals surface area contributed by atoms with Crippen LogP contribution in [0.1, 0.15) is 46.8 Å². The number of carbonyl (C=O) groups is 1. The molecule has 28 heavy (non-hydrogen) atoms. The number of benzene rings is 1. The highest BCUT2D eigenvalue weighted by Crippen LogP contribution is 2.32. The molecule has 1 N–H and O–H groups in total. The van der Waals surface area contributed by atoms with Crippen LogP contribution >= 0.6 is 11.8 Å². The Morgan fingerprint density at radius 1 is 1.39 bits per heavy atom. The summed E-state index contributed by atoms with van der Waals surface area (Å²) in [5.74, 6) is 0.195. The van der Waals surface area contributed by atoms with E-state index < -0.39 is 0 Å². The molecule has 1 aliphatic rings. The quantitative estimate of drug-likeness (QED) is 0.782. The molecular formula is C21H22FN3O2S. The SMILES string of the molecule is Cc1nc(SCC(=O)N[C@@H]2CCCOc3ccc(F)cc32)c(C#N)c(C)c1C. The Balaban J connectivity index is 1.72. The van der Waals surface area contributed by atoms with Gasteiger partial charge in [0.2, 0.25) is 5.91 Å². The van der Waals surface area contributed by atoms with Crippen LogP contribution in [-0.2, 0) is 4.79 Å². The van der Waals surface area contributed by atoms with Gasteiger partial charge in [-0.2, -0.15) is 5.26 Å². The molecule has 1 aromatic carbocycles. The third kappa shape index (κ3) is 4.28. The molecule has 0 bridgehead atoms. The zero-order valence-electron chi connectivity index (χ0n) is 16.1. The second-order valence-electron chi connectivity index (χ2n) is 6.82. The maximum Gasteiger partial charge on any atom is 0.230 e. The van der Waals surface area contributed by atoms with Crippen molar-refractivity contribution in [3.8, 4) is 11.8 Å². The number of halogens is 1. The van der Waals surface area contributed by atoms with Gasteiger partial charge in [-0.15, -0.1) is 0 Å². The molecular weight excluding hydrogens is 377 g/mol. The van der Waals surface area contributed by atoms with Crippen LogP contribution in [0.15, 0.2) is 23.2 Å². The topological polar surface area (TPSA) is 75.0 Å². The summed E-state index contributed by atoms with van der Waals surface area (Å²) in [6, 6.07) is 6.27. The fourth-order valence-corrected chi connectivity index (χ4v) is 4.11. The van der Waals surface area contributed by atoms with E-state index in [1.54, 1.807) is 6.07 Å². The van der Waals surface area contributed by atoms with Crippen LogP contribution in [0.25, 0.3) is 0 Å². The van der Waals surface area contributed by atoms with E-state index in [9.17, 15) is 14.4 Å². The monoisotopic (exact) mass is 399 g/mol. The number of ether oxygens (including phenoxy) is 1. The maximum absolute atomic E-state index is 13.7. The van der Waals surface area contributed by atoms with Crippen molar-refractivity contribution in [1.29, 1.82) is 5.26 Å². The van der Waals surface area contributed by atoms with Crippen molar-refractivity contribution in [2.75, 3.05) is 12.4 Å². The third-order valence-electron chi connectivity index (χ3n) is 4.99. The van der Waals surface area contributed by atoms with Crippen LogP contribution < -0.4 is 10.1 Å². The molecule has 2 aromatic rings. The summed E-state index contributed by atoms with van der Waals surface area (Å²) in [4.78, 5) is 17.0. The highest BCUT2D eigenvalue weighted by molar-refractivity contribution is 8.00. The van der Waals surface area contributed by atoms with Crippen LogP contribution in [0.3, 0.4) is 0 Å². The van der Waals surface area contributed by atoms with Crippen molar-refractivity contribution in [2.45, 2.75) is 44.7 Å². The van der Waals surface area contributed by atoms with Gasteiger partial charge in [0, 0.05) is 11.3 Å². The molecule has 0 fully saturated rings. The molecule has 0 saturated heterocycles. The Labute approximate surface area is 168 Å². The lowest BCUT2D eigenvalue weighted by molar-refractivity contribution is -0.119. The first kappa shape index (κ1) is 20.2. The fourth-order valence-electron chi connectivity index (χ4n) is 3.22. The van der Waals surface area contributed by atoms with E-state index in [2.05, 4.69) is 16.4 Å². The van der Waals surface area contributed by atoms with Gasteiger partial charge in [0.25, 0.3) is 0 Å². The summed E-state index contributed by atoms with van der Waals surface area (Å²) in [6.45, 7) is 6.26. The summed E-state index contributed by atoms with van der Waals surface area (Å²) in [7, 11) is 0. The zero-order valence-corrected chi connectivity index (χ0v) is 17.0. The Hall–Kier alpha value is -2.59. The number of aryl methyl sites for hydroxylation is 1. The first-order valence-electron chi connectivity index (χ1n) is 9.13. The van der Waals surface area contributed by atoms with E-state index in [0.717, 1.165) is 23.2 Å². The van der Waals surface area contributed by atoms with Crippen molar-refractivity contribution in [2.24, 2.45) is 0 Å². The molecule has 0 aliphatic carbocycles. The number of fused-ring (bicyclic) bond motifs is 1. The normalized spacial score (nSPS) is 15.8. The molecule has 0 radical (unpaired) electrons. The largest absolute Gasteiger partial charge is 0.493 e. The summed E-state index contributed by atoms with van der Waals surface area (Å²) in [6.07, 6.45) is 1.45. The molecule has 0 unspecified atom stereocenters. The average molecular weight is 399 g/mol. The molecule has 0 spiro atoms. The Kier molecular flexibility index (Phi) is 6.20. The van der Waals surface area contributed by atoms with Gasteiger partial charge >= 0.3 is 0 Å². The van der Waals surface area contributed by atoms with Crippen molar-refractivity contribution >= 4 is 17.7 Å². The fraction of sp³-hybridized carbons (Fsp3) is 0.381. The van der Waals surface area contributed by atoms with E-state index in [4.69, 9.17) is 4.74 Å². The lowest BCUT2D eigenvalue weighted by Gasteiger charge is -2.18. The maximum atomic E-state index is 13.7. The number of nitrogens with zero attached hydrogens (tertiary/aromatic N) is 2.